The molecule has 3 rings (SSSR count). The van der Waals surface area contributed by atoms with E-state index in [1.54, 1.807) is 11.3 Å². The van der Waals surface area contributed by atoms with E-state index in [9.17, 15) is 4.79 Å². The lowest BCUT2D eigenvalue weighted by Gasteiger charge is -2.20. The van der Waals surface area contributed by atoms with Crippen molar-refractivity contribution in [2.45, 2.75) is 18.8 Å². The number of nitrogens with zero attached hydrogens (tertiary/aromatic N) is 1. The van der Waals surface area contributed by atoms with Gasteiger partial charge in [-0.3, -0.25) is 4.79 Å². The van der Waals surface area contributed by atoms with Crippen LogP contribution < -0.4 is 5.32 Å². The maximum atomic E-state index is 10.7. The number of benzene rings is 1. The van der Waals surface area contributed by atoms with Crippen molar-refractivity contribution < 1.29 is 4.79 Å². The maximum Gasteiger partial charge on any atom is 0.150 e. The summed E-state index contributed by atoms with van der Waals surface area (Å²) in [4.78, 5) is 15.4. The number of thiazole rings is 1. The van der Waals surface area contributed by atoms with Crippen LogP contribution in [0.5, 0.6) is 0 Å². The third-order valence-electron chi connectivity index (χ3n) is 3.25. The molecule has 0 bridgehead atoms. The van der Waals surface area contributed by atoms with Crippen molar-refractivity contribution in [3.63, 3.8) is 0 Å². The highest BCUT2D eigenvalue weighted by atomic mass is 32.1. The Bertz CT molecular complexity index is 543. The molecule has 0 saturated carbocycles. The van der Waals surface area contributed by atoms with Gasteiger partial charge in [0.15, 0.2) is 0 Å². The van der Waals surface area contributed by atoms with Crippen LogP contribution in [0.2, 0.25) is 0 Å². The number of carbonyl (C=O) groups excluding carboxylic acids is 1. The normalized spacial score (nSPS) is 17.4. The summed E-state index contributed by atoms with van der Waals surface area (Å²) in [5.74, 6) is 0.591. The first-order valence-electron chi connectivity index (χ1n) is 5.93. The minimum absolute atomic E-state index is 0.591. The van der Waals surface area contributed by atoms with Crippen LogP contribution in [0.15, 0.2) is 18.2 Å². The number of hydrogen-bond donors (Lipinski definition) is 1. The van der Waals surface area contributed by atoms with Crippen molar-refractivity contribution in [2.75, 3.05) is 13.1 Å². The van der Waals surface area contributed by atoms with Crippen LogP contribution in [-0.2, 0) is 0 Å². The number of carbonyl (C=O) groups is 1. The molecule has 1 aliphatic heterocycles. The van der Waals surface area contributed by atoms with Crippen molar-refractivity contribution in [1.82, 2.24) is 10.3 Å². The van der Waals surface area contributed by atoms with Crippen molar-refractivity contribution >= 4 is 27.8 Å². The second-order valence-corrected chi connectivity index (χ2v) is 5.48. The zero-order chi connectivity index (χ0) is 11.7. The minimum Gasteiger partial charge on any atom is -0.317 e. The molecule has 0 unspecified atom stereocenters. The second kappa shape index (κ2) is 4.55. The number of aldehydes is 1. The molecule has 88 valence electrons. The Hall–Kier alpha value is -1.26. The average Bonchev–Trinajstić information content (AvgIpc) is 2.82. The Morgan fingerprint density at radius 3 is 2.94 bits per heavy atom. The van der Waals surface area contributed by atoms with Crippen LogP contribution in [-0.4, -0.2) is 24.4 Å². The Morgan fingerprint density at radius 2 is 2.18 bits per heavy atom. The molecule has 17 heavy (non-hydrogen) atoms. The Kier molecular flexibility index (Phi) is 2.91. The molecule has 3 nitrogen and oxygen atoms in total. The van der Waals surface area contributed by atoms with Gasteiger partial charge in [0.25, 0.3) is 0 Å². The minimum atomic E-state index is 0.591. The lowest BCUT2D eigenvalue weighted by Crippen LogP contribution is -2.26. The van der Waals surface area contributed by atoms with Gasteiger partial charge in [-0.2, -0.15) is 0 Å². The SMILES string of the molecule is O=Cc1ccc2nc(C3CCNCC3)sc2c1. The molecule has 1 saturated heterocycles. The molecule has 0 spiro atoms. The molecular weight excluding hydrogens is 232 g/mol. The number of nitrogens with one attached hydrogen (secondary N) is 1. The van der Waals surface area contributed by atoms with Crippen LogP contribution in [0.4, 0.5) is 0 Å². The van der Waals surface area contributed by atoms with E-state index < -0.39 is 0 Å². The molecule has 1 aliphatic rings. The summed E-state index contributed by atoms with van der Waals surface area (Å²) in [5.41, 5.74) is 1.76. The third-order valence-corrected chi connectivity index (χ3v) is 4.43. The van der Waals surface area contributed by atoms with Gasteiger partial charge in [0, 0.05) is 11.5 Å². The van der Waals surface area contributed by atoms with E-state index in [2.05, 4.69) is 10.3 Å². The van der Waals surface area contributed by atoms with Gasteiger partial charge in [-0.05, 0) is 44.1 Å². The fourth-order valence-electron chi connectivity index (χ4n) is 2.28. The molecule has 1 aromatic carbocycles. The number of aromatic nitrogens is 1. The zero-order valence-corrected chi connectivity index (χ0v) is 10.3. The van der Waals surface area contributed by atoms with E-state index in [0.29, 0.717) is 5.92 Å². The lowest BCUT2D eigenvalue weighted by molar-refractivity contribution is 0.112. The van der Waals surface area contributed by atoms with E-state index in [0.717, 1.165) is 35.2 Å². The van der Waals surface area contributed by atoms with Gasteiger partial charge >= 0.3 is 0 Å². The molecule has 4 heteroatoms. The molecule has 1 N–H and O–H groups in total. The van der Waals surface area contributed by atoms with E-state index in [4.69, 9.17) is 0 Å². The molecule has 0 atom stereocenters. The monoisotopic (exact) mass is 246 g/mol. The predicted molar refractivity (Wildman–Crippen MR) is 69.9 cm³/mol. The fourth-order valence-corrected chi connectivity index (χ4v) is 3.46. The highest BCUT2D eigenvalue weighted by molar-refractivity contribution is 7.18. The van der Waals surface area contributed by atoms with Crippen LogP contribution >= 0.6 is 11.3 Å². The van der Waals surface area contributed by atoms with Gasteiger partial charge in [-0.1, -0.05) is 0 Å². The number of fused-ring (bicyclic) bond motifs is 1. The van der Waals surface area contributed by atoms with Gasteiger partial charge < -0.3 is 5.32 Å². The summed E-state index contributed by atoms with van der Waals surface area (Å²) in [6.45, 7) is 2.17. The number of piperidine rings is 1. The third kappa shape index (κ3) is 2.10. The van der Waals surface area contributed by atoms with Crippen LogP contribution in [0.3, 0.4) is 0 Å². The van der Waals surface area contributed by atoms with Crippen molar-refractivity contribution in [1.29, 1.82) is 0 Å². The summed E-state index contributed by atoms with van der Waals surface area (Å²) >= 11 is 1.74. The van der Waals surface area contributed by atoms with Gasteiger partial charge in [0.1, 0.15) is 6.29 Å². The predicted octanol–water partition coefficient (Wildman–Crippen LogP) is 2.58. The quantitative estimate of drug-likeness (QED) is 0.828. The smallest absolute Gasteiger partial charge is 0.150 e. The van der Waals surface area contributed by atoms with Crippen LogP contribution in [0.25, 0.3) is 10.2 Å². The first-order valence-corrected chi connectivity index (χ1v) is 6.75. The second-order valence-electron chi connectivity index (χ2n) is 4.42. The van der Waals surface area contributed by atoms with E-state index in [-0.39, 0.29) is 0 Å². The highest BCUT2D eigenvalue weighted by Gasteiger charge is 2.18. The summed E-state index contributed by atoms with van der Waals surface area (Å²) in [5, 5.41) is 4.59. The summed E-state index contributed by atoms with van der Waals surface area (Å²) < 4.78 is 1.13. The Labute approximate surface area is 104 Å². The van der Waals surface area contributed by atoms with Crippen molar-refractivity contribution in [2.24, 2.45) is 0 Å². The largest absolute Gasteiger partial charge is 0.317 e. The molecule has 1 aromatic heterocycles. The molecular formula is C13H14N2OS. The standard InChI is InChI=1S/C13H14N2OS/c16-8-9-1-2-11-12(7-9)17-13(15-11)10-3-5-14-6-4-10/h1-2,7-8,10,14H,3-6H2. The summed E-state index contributed by atoms with van der Waals surface area (Å²) in [6, 6.07) is 5.71. The van der Waals surface area contributed by atoms with Crippen LogP contribution in [0.1, 0.15) is 34.1 Å². The molecule has 1 fully saturated rings. The van der Waals surface area contributed by atoms with Crippen molar-refractivity contribution in [3.05, 3.63) is 28.8 Å². The summed E-state index contributed by atoms with van der Waals surface area (Å²) in [6.07, 6.45) is 3.23. The van der Waals surface area contributed by atoms with E-state index in [1.807, 2.05) is 18.2 Å². The van der Waals surface area contributed by atoms with E-state index in [1.165, 1.54) is 17.8 Å². The zero-order valence-electron chi connectivity index (χ0n) is 9.48. The topological polar surface area (TPSA) is 42.0 Å². The van der Waals surface area contributed by atoms with Gasteiger partial charge in [-0.25, -0.2) is 4.98 Å². The van der Waals surface area contributed by atoms with Gasteiger partial charge in [0.05, 0.1) is 15.2 Å². The van der Waals surface area contributed by atoms with Gasteiger partial charge in [0.2, 0.25) is 0 Å². The Morgan fingerprint density at radius 1 is 1.35 bits per heavy atom. The first-order chi connectivity index (χ1) is 8.36. The average molecular weight is 246 g/mol. The molecule has 0 amide bonds. The molecule has 2 aromatic rings. The number of hydrogen-bond acceptors (Lipinski definition) is 4. The van der Waals surface area contributed by atoms with E-state index >= 15 is 0 Å². The van der Waals surface area contributed by atoms with Crippen LogP contribution in [0, 0.1) is 0 Å². The lowest BCUT2D eigenvalue weighted by atomic mass is 9.99. The fraction of sp³-hybridized carbons (Fsp3) is 0.385. The Balaban J connectivity index is 1.97. The first kappa shape index (κ1) is 10.9. The molecule has 0 radical (unpaired) electrons. The van der Waals surface area contributed by atoms with Crippen molar-refractivity contribution in [3.8, 4) is 0 Å². The molecule has 2 heterocycles. The summed E-state index contributed by atoms with van der Waals surface area (Å²) in [7, 11) is 0. The molecule has 0 aliphatic carbocycles. The maximum absolute atomic E-state index is 10.7. The number of rotatable bonds is 2. The van der Waals surface area contributed by atoms with Gasteiger partial charge in [-0.15, -0.1) is 11.3 Å². The highest BCUT2D eigenvalue weighted by Crippen LogP contribution is 2.32.